The molecule has 0 saturated heterocycles. The van der Waals surface area contributed by atoms with Gasteiger partial charge in [-0.1, -0.05) is 6.07 Å². The van der Waals surface area contributed by atoms with Gasteiger partial charge in [-0.25, -0.2) is 4.79 Å². The van der Waals surface area contributed by atoms with Crippen LogP contribution in [0.4, 0.5) is 4.79 Å². The summed E-state index contributed by atoms with van der Waals surface area (Å²) in [4.78, 5) is 18.9. The first kappa shape index (κ1) is 12.2. The highest BCUT2D eigenvalue weighted by molar-refractivity contribution is 6.01. The molecule has 1 heterocycles. The van der Waals surface area contributed by atoms with Crippen molar-refractivity contribution < 1.29 is 9.53 Å². The molecule has 0 bridgehead atoms. The topological polar surface area (TPSA) is 77.6 Å². The summed E-state index contributed by atoms with van der Waals surface area (Å²) < 4.78 is 5.00. The van der Waals surface area contributed by atoms with E-state index in [1.807, 2.05) is 0 Å². The van der Waals surface area contributed by atoms with Gasteiger partial charge in [0.1, 0.15) is 11.3 Å². The molecule has 0 aliphatic carbocycles. The number of aromatic nitrogens is 1. The predicted octanol–water partition coefficient (Wildman–Crippen LogP) is 1.72. The molecule has 1 rings (SSSR count). The fourth-order valence-electron chi connectivity index (χ4n) is 0.955. The number of hydrogen-bond acceptors (Lipinski definition) is 3. The van der Waals surface area contributed by atoms with Gasteiger partial charge in [0, 0.05) is 6.20 Å². The molecule has 86 valence electrons. The Balaban J connectivity index is 2.75. The van der Waals surface area contributed by atoms with Crippen LogP contribution in [-0.4, -0.2) is 22.5 Å². The molecular formula is C11H15N3O2. The molecule has 0 atom stereocenters. The Kier molecular flexibility index (Phi) is 3.60. The van der Waals surface area contributed by atoms with Crippen molar-refractivity contribution in [1.29, 1.82) is 0 Å². The van der Waals surface area contributed by atoms with Crippen LogP contribution in [0.15, 0.2) is 29.4 Å². The monoisotopic (exact) mass is 221 g/mol. The number of carbonyl (C=O) groups excluding carboxylic acids is 1. The van der Waals surface area contributed by atoms with Crippen LogP contribution in [0.2, 0.25) is 0 Å². The summed E-state index contributed by atoms with van der Waals surface area (Å²) in [5.74, 6) is 0.0508. The van der Waals surface area contributed by atoms with E-state index in [2.05, 4.69) is 9.98 Å². The minimum Gasteiger partial charge on any atom is -0.442 e. The van der Waals surface area contributed by atoms with Gasteiger partial charge in [-0.15, -0.1) is 0 Å². The predicted molar refractivity (Wildman–Crippen MR) is 61.2 cm³/mol. The van der Waals surface area contributed by atoms with Crippen LogP contribution in [0, 0.1) is 0 Å². The Hall–Kier alpha value is -1.91. The van der Waals surface area contributed by atoms with Crippen molar-refractivity contribution in [2.45, 2.75) is 26.4 Å². The fourth-order valence-corrected chi connectivity index (χ4v) is 0.955. The van der Waals surface area contributed by atoms with Gasteiger partial charge in [-0.05, 0) is 32.9 Å². The molecule has 2 N–H and O–H groups in total. The number of hydrogen-bond donors (Lipinski definition) is 1. The standard InChI is InChI=1S/C11H15N3O2/c1-11(2,3)16-10(15)14-9(12)8-6-4-5-7-13-8/h4-7H,1-3H3,(H2,12,14,15). The number of nitrogens with two attached hydrogens (primary N) is 1. The van der Waals surface area contributed by atoms with Gasteiger partial charge in [-0.3, -0.25) is 4.98 Å². The minimum absolute atomic E-state index is 0.0508. The van der Waals surface area contributed by atoms with E-state index in [1.54, 1.807) is 45.2 Å². The van der Waals surface area contributed by atoms with Crippen molar-refractivity contribution in [1.82, 2.24) is 4.98 Å². The van der Waals surface area contributed by atoms with E-state index in [1.165, 1.54) is 0 Å². The molecule has 0 fully saturated rings. The number of nitrogens with zero attached hydrogens (tertiary/aromatic N) is 2. The van der Waals surface area contributed by atoms with Gasteiger partial charge >= 0.3 is 6.09 Å². The van der Waals surface area contributed by atoms with E-state index in [4.69, 9.17) is 10.5 Å². The van der Waals surface area contributed by atoms with Crippen LogP contribution in [0.3, 0.4) is 0 Å². The van der Waals surface area contributed by atoms with Gasteiger partial charge in [0.05, 0.1) is 0 Å². The highest BCUT2D eigenvalue weighted by atomic mass is 16.6. The van der Waals surface area contributed by atoms with Gasteiger partial charge in [-0.2, -0.15) is 4.99 Å². The largest absolute Gasteiger partial charge is 0.442 e. The number of ether oxygens (including phenoxy) is 1. The first-order chi connectivity index (χ1) is 7.38. The molecule has 1 aromatic heterocycles. The van der Waals surface area contributed by atoms with Crippen LogP contribution in [0.25, 0.3) is 0 Å². The van der Waals surface area contributed by atoms with Gasteiger partial charge < -0.3 is 10.5 Å². The molecule has 5 nitrogen and oxygen atoms in total. The smallest absolute Gasteiger partial charge is 0.436 e. The summed E-state index contributed by atoms with van der Waals surface area (Å²) in [7, 11) is 0. The molecule has 1 amide bonds. The summed E-state index contributed by atoms with van der Waals surface area (Å²) in [6.45, 7) is 5.28. The molecule has 0 aliphatic heterocycles. The second-order valence-electron chi connectivity index (χ2n) is 4.19. The molecule has 0 aromatic carbocycles. The first-order valence-corrected chi connectivity index (χ1v) is 4.87. The number of amidine groups is 1. The zero-order valence-corrected chi connectivity index (χ0v) is 9.60. The Morgan fingerprint density at radius 3 is 2.62 bits per heavy atom. The number of amides is 1. The highest BCUT2D eigenvalue weighted by Gasteiger charge is 2.16. The van der Waals surface area contributed by atoms with E-state index < -0.39 is 11.7 Å². The second-order valence-corrected chi connectivity index (χ2v) is 4.19. The lowest BCUT2D eigenvalue weighted by Gasteiger charge is -2.17. The molecule has 16 heavy (non-hydrogen) atoms. The molecule has 0 aliphatic rings. The summed E-state index contributed by atoms with van der Waals surface area (Å²) in [6, 6.07) is 5.19. The SMILES string of the molecule is CC(C)(C)OC(=O)/N=C(\N)c1ccccn1. The average Bonchev–Trinajstić information content (AvgIpc) is 2.16. The number of pyridine rings is 1. The molecule has 0 radical (unpaired) electrons. The number of aliphatic imine (C=N–C) groups is 1. The Bertz CT molecular complexity index is 393. The molecule has 0 unspecified atom stereocenters. The highest BCUT2D eigenvalue weighted by Crippen LogP contribution is 2.08. The van der Waals surface area contributed by atoms with Gasteiger partial charge in [0.2, 0.25) is 0 Å². The lowest BCUT2D eigenvalue weighted by molar-refractivity contribution is 0.0604. The summed E-state index contributed by atoms with van der Waals surface area (Å²) in [5, 5.41) is 0. The van der Waals surface area contributed by atoms with Crippen molar-refractivity contribution in [2.24, 2.45) is 10.7 Å². The number of carbonyl (C=O) groups is 1. The Morgan fingerprint density at radius 2 is 2.12 bits per heavy atom. The fraction of sp³-hybridized carbons (Fsp3) is 0.364. The van der Waals surface area contributed by atoms with E-state index in [0.717, 1.165) is 0 Å². The average molecular weight is 221 g/mol. The third-order valence-corrected chi connectivity index (χ3v) is 1.53. The van der Waals surface area contributed by atoms with E-state index in [9.17, 15) is 4.79 Å². The first-order valence-electron chi connectivity index (χ1n) is 4.87. The third kappa shape index (κ3) is 4.08. The molecule has 1 aromatic rings. The zero-order valence-electron chi connectivity index (χ0n) is 9.60. The van der Waals surface area contributed by atoms with E-state index >= 15 is 0 Å². The molecule has 0 spiro atoms. The van der Waals surface area contributed by atoms with Crippen LogP contribution in [0.5, 0.6) is 0 Å². The van der Waals surface area contributed by atoms with Crippen LogP contribution in [-0.2, 0) is 4.74 Å². The van der Waals surface area contributed by atoms with Crippen LogP contribution >= 0.6 is 0 Å². The Morgan fingerprint density at radius 1 is 1.44 bits per heavy atom. The van der Waals surface area contributed by atoms with Gasteiger partial charge in [0.25, 0.3) is 0 Å². The zero-order chi connectivity index (χ0) is 12.2. The Labute approximate surface area is 94.4 Å². The molecular weight excluding hydrogens is 206 g/mol. The lowest BCUT2D eigenvalue weighted by Crippen LogP contribution is -2.24. The van der Waals surface area contributed by atoms with Gasteiger partial charge in [0.15, 0.2) is 5.84 Å². The summed E-state index contributed by atoms with van der Waals surface area (Å²) >= 11 is 0. The summed E-state index contributed by atoms with van der Waals surface area (Å²) in [6.07, 6.45) is 0.864. The van der Waals surface area contributed by atoms with Crippen molar-refractivity contribution in [3.8, 4) is 0 Å². The lowest BCUT2D eigenvalue weighted by atomic mass is 10.2. The maximum atomic E-state index is 11.3. The summed E-state index contributed by atoms with van der Waals surface area (Å²) in [5.41, 5.74) is 5.48. The quantitative estimate of drug-likeness (QED) is 0.578. The number of rotatable bonds is 1. The van der Waals surface area contributed by atoms with Crippen LogP contribution < -0.4 is 5.73 Å². The van der Waals surface area contributed by atoms with Crippen molar-refractivity contribution in [3.05, 3.63) is 30.1 Å². The van der Waals surface area contributed by atoms with Crippen molar-refractivity contribution in [2.75, 3.05) is 0 Å². The van der Waals surface area contributed by atoms with E-state index in [-0.39, 0.29) is 5.84 Å². The normalized spacial score (nSPS) is 12.3. The second kappa shape index (κ2) is 4.74. The minimum atomic E-state index is -0.712. The molecule has 5 heteroatoms. The maximum Gasteiger partial charge on any atom is 0.436 e. The van der Waals surface area contributed by atoms with Crippen molar-refractivity contribution >= 4 is 11.9 Å². The van der Waals surface area contributed by atoms with Crippen molar-refractivity contribution in [3.63, 3.8) is 0 Å². The third-order valence-electron chi connectivity index (χ3n) is 1.53. The molecule has 0 saturated carbocycles. The van der Waals surface area contributed by atoms with Crippen LogP contribution in [0.1, 0.15) is 26.5 Å². The maximum absolute atomic E-state index is 11.3. The van der Waals surface area contributed by atoms with E-state index in [0.29, 0.717) is 5.69 Å².